The molecule has 8 heteroatoms. The Kier molecular flexibility index (Phi) is 5.18. The summed E-state index contributed by atoms with van der Waals surface area (Å²) >= 11 is 3.65. The van der Waals surface area contributed by atoms with E-state index in [1.807, 2.05) is 17.6 Å². The summed E-state index contributed by atoms with van der Waals surface area (Å²) in [6, 6.07) is 2.32. The molecule has 2 fully saturated rings. The van der Waals surface area contributed by atoms with Crippen molar-refractivity contribution in [3.8, 4) is 0 Å². The molecule has 0 bridgehead atoms. The number of anilines is 1. The van der Waals surface area contributed by atoms with E-state index < -0.39 is 0 Å². The number of methoxy groups -OCH3 is 1. The fourth-order valence-corrected chi connectivity index (χ4v) is 4.49. The van der Waals surface area contributed by atoms with Crippen molar-refractivity contribution in [2.24, 2.45) is 0 Å². The first-order valence-electron chi connectivity index (χ1n) is 9.18. The molecular formula is C18H25BrN4O3. The number of aromatic nitrogens is 3. The van der Waals surface area contributed by atoms with Crippen LogP contribution in [0, 0.1) is 0 Å². The summed E-state index contributed by atoms with van der Waals surface area (Å²) in [6.45, 7) is 4.08. The van der Waals surface area contributed by atoms with Gasteiger partial charge in [0.15, 0.2) is 5.79 Å². The second-order valence-corrected chi connectivity index (χ2v) is 8.03. The van der Waals surface area contributed by atoms with Crippen LogP contribution in [-0.2, 0) is 14.2 Å². The summed E-state index contributed by atoms with van der Waals surface area (Å²) < 4.78 is 19.9. The Labute approximate surface area is 161 Å². The lowest BCUT2D eigenvalue weighted by Crippen LogP contribution is -2.34. The molecule has 1 spiro atoms. The summed E-state index contributed by atoms with van der Waals surface area (Å²) in [5.74, 6) is 0.713. The van der Waals surface area contributed by atoms with Crippen LogP contribution in [0.2, 0.25) is 0 Å². The van der Waals surface area contributed by atoms with E-state index in [1.54, 1.807) is 7.11 Å². The van der Waals surface area contributed by atoms with Crippen LogP contribution in [0.3, 0.4) is 0 Å². The van der Waals surface area contributed by atoms with E-state index >= 15 is 0 Å². The highest BCUT2D eigenvalue weighted by atomic mass is 79.9. The van der Waals surface area contributed by atoms with Gasteiger partial charge in [0.05, 0.1) is 31.5 Å². The highest BCUT2D eigenvalue weighted by Crippen LogP contribution is 2.43. The number of fused-ring (bicyclic) bond motifs is 1. The minimum Gasteiger partial charge on any atom is -0.383 e. The SMILES string of the molecule is COCC(C)Nc1ncc2c(Br)cc(C3CCC4(CC3)OCCO4)n2n1. The molecule has 3 heterocycles. The van der Waals surface area contributed by atoms with Gasteiger partial charge in [0.1, 0.15) is 0 Å². The Hall–Kier alpha value is -1.22. The van der Waals surface area contributed by atoms with Crippen molar-refractivity contribution in [3.05, 3.63) is 22.4 Å². The van der Waals surface area contributed by atoms with Crippen LogP contribution < -0.4 is 5.32 Å². The van der Waals surface area contributed by atoms with Crippen LogP contribution in [0.25, 0.3) is 5.52 Å². The molecule has 2 aliphatic rings. The summed E-state index contributed by atoms with van der Waals surface area (Å²) in [7, 11) is 1.69. The highest BCUT2D eigenvalue weighted by molar-refractivity contribution is 9.10. The second kappa shape index (κ2) is 7.42. The Morgan fingerprint density at radius 3 is 2.81 bits per heavy atom. The molecule has 2 aromatic heterocycles. The van der Waals surface area contributed by atoms with E-state index in [9.17, 15) is 0 Å². The van der Waals surface area contributed by atoms with Gasteiger partial charge in [0, 0.05) is 42.1 Å². The van der Waals surface area contributed by atoms with E-state index in [0.29, 0.717) is 31.7 Å². The molecule has 142 valence electrons. The first kappa shape index (κ1) is 18.2. The normalized spacial score (nSPS) is 21.5. The van der Waals surface area contributed by atoms with Gasteiger partial charge >= 0.3 is 0 Å². The molecule has 4 rings (SSSR count). The van der Waals surface area contributed by atoms with Gasteiger partial charge in [-0.1, -0.05) is 0 Å². The average molecular weight is 425 g/mol. The topological polar surface area (TPSA) is 69.9 Å². The summed E-state index contributed by atoms with van der Waals surface area (Å²) in [4.78, 5) is 4.44. The van der Waals surface area contributed by atoms with Gasteiger partial charge in [0.2, 0.25) is 5.95 Å². The predicted octanol–water partition coefficient (Wildman–Crippen LogP) is 3.34. The van der Waals surface area contributed by atoms with Gasteiger partial charge in [-0.2, -0.15) is 0 Å². The minimum atomic E-state index is -0.335. The van der Waals surface area contributed by atoms with Crippen molar-refractivity contribution >= 4 is 27.4 Å². The zero-order chi connectivity index (χ0) is 18.1. The quantitative estimate of drug-likeness (QED) is 0.793. The maximum absolute atomic E-state index is 5.86. The van der Waals surface area contributed by atoms with Crippen LogP contribution >= 0.6 is 15.9 Å². The fraction of sp³-hybridized carbons (Fsp3) is 0.667. The molecular weight excluding hydrogens is 400 g/mol. The molecule has 2 aromatic rings. The zero-order valence-corrected chi connectivity index (χ0v) is 16.8. The molecule has 1 aliphatic carbocycles. The Morgan fingerprint density at radius 2 is 2.12 bits per heavy atom. The summed E-state index contributed by atoms with van der Waals surface area (Å²) in [5, 5.41) is 8.02. The van der Waals surface area contributed by atoms with Crippen molar-refractivity contribution in [1.29, 1.82) is 0 Å². The number of nitrogens with one attached hydrogen (secondary N) is 1. The maximum Gasteiger partial charge on any atom is 0.241 e. The fourth-order valence-electron chi connectivity index (χ4n) is 3.98. The van der Waals surface area contributed by atoms with Crippen molar-refractivity contribution < 1.29 is 14.2 Å². The molecule has 1 saturated heterocycles. The van der Waals surface area contributed by atoms with E-state index in [2.05, 4.69) is 32.3 Å². The Morgan fingerprint density at radius 1 is 1.38 bits per heavy atom. The third kappa shape index (κ3) is 3.47. The maximum atomic E-state index is 5.86. The molecule has 1 unspecified atom stereocenters. The zero-order valence-electron chi connectivity index (χ0n) is 15.2. The number of ether oxygens (including phenoxy) is 3. The first-order chi connectivity index (χ1) is 12.6. The average Bonchev–Trinajstić information content (AvgIpc) is 3.21. The molecule has 0 radical (unpaired) electrons. The van der Waals surface area contributed by atoms with Gasteiger partial charge in [-0.25, -0.2) is 9.50 Å². The van der Waals surface area contributed by atoms with Gasteiger partial charge in [0.25, 0.3) is 0 Å². The highest BCUT2D eigenvalue weighted by Gasteiger charge is 2.41. The van der Waals surface area contributed by atoms with Crippen LogP contribution in [0.15, 0.2) is 16.7 Å². The first-order valence-corrected chi connectivity index (χ1v) is 9.97. The molecule has 1 N–H and O–H groups in total. The third-order valence-corrected chi connectivity index (χ3v) is 5.90. The largest absolute Gasteiger partial charge is 0.383 e. The van der Waals surface area contributed by atoms with E-state index in [4.69, 9.17) is 19.3 Å². The van der Waals surface area contributed by atoms with Crippen molar-refractivity contribution in [3.63, 3.8) is 0 Å². The van der Waals surface area contributed by atoms with Gasteiger partial charge < -0.3 is 19.5 Å². The molecule has 0 aromatic carbocycles. The number of nitrogens with zero attached hydrogens (tertiary/aromatic N) is 3. The number of hydrogen-bond donors (Lipinski definition) is 1. The summed E-state index contributed by atoms with van der Waals surface area (Å²) in [6.07, 6.45) is 5.79. The molecule has 7 nitrogen and oxygen atoms in total. The van der Waals surface area contributed by atoms with E-state index in [1.165, 1.54) is 5.69 Å². The van der Waals surface area contributed by atoms with Crippen LogP contribution in [0.5, 0.6) is 0 Å². The van der Waals surface area contributed by atoms with Gasteiger partial charge in [-0.15, -0.1) is 5.10 Å². The second-order valence-electron chi connectivity index (χ2n) is 7.18. The van der Waals surface area contributed by atoms with E-state index in [-0.39, 0.29) is 11.8 Å². The van der Waals surface area contributed by atoms with Crippen molar-refractivity contribution in [2.45, 2.75) is 50.4 Å². The number of rotatable bonds is 5. The summed E-state index contributed by atoms with van der Waals surface area (Å²) in [5.41, 5.74) is 2.20. The lowest BCUT2D eigenvalue weighted by Gasteiger charge is -2.35. The molecule has 1 aliphatic heterocycles. The lowest BCUT2D eigenvalue weighted by atomic mass is 9.83. The molecule has 1 atom stereocenters. The molecule has 26 heavy (non-hydrogen) atoms. The smallest absolute Gasteiger partial charge is 0.241 e. The minimum absolute atomic E-state index is 0.145. The number of halogens is 1. The third-order valence-electron chi connectivity index (χ3n) is 5.27. The van der Waals surface area contributed by atoms with Crippen molar-refractivity contribution in [2.75, 3.05) is 32.2 Å². The van der Waals surface area contributed by atoms with Crippen LogP contribution in [0.1, 0.15) is 44.2 Å². The van der Waals surface area contributed by atoms with Crippen LogP contribution in [-0.4, -0.2) is 53.4 Å². The Balaban J connectivity index is 1.56. The van der Waals surface area contributed by atoms with Crippen LogP contribution in [0.4, 0.5) is 5.95 Å². The monoisotopic (exact) mass is 424 g/mol. The molecule has 1 saturated carbocycles. The lowest BCUT2D eigenvalue weighted by molar-refractivity contribution is -0.179. The van der Waals surface area contributed by atoms with Gasteiger partial charge in [-0.3, -0.25) is 0 Å². The van der Waals surface area contributed by atoms with E-state index in [0.717, 1.165) is 35.7 Å². The molecule has 0 amide bonds. The van der Waals surface area contributed by atoms with Gasteiger partial charge in [-0.05, 0) is 41.8 Å². The number of hydrogen-bond acceptors (Lipinski definition) is 6. The predicted molar refractivity (Wildman–Crippen MR) is 101 cm³/mol. The Bertz CT molecular complexity index is 765. The standard InChI is InChI=1S/C18H25BrN4O3/c1-12(11-24-2)21-17-20-10-16-14(19)9-15(23(16)22-17)13-3-5-18(6-4-13)25-7-8-26-18/h9-10,12-13H,3-8,11H2,1-2H3,(H,21,22). The van der Waals surface area contributed by atoms with Crippen molar-refractivity contribution in [1.82, 2.24) is 14.6 Å².